The van der Waals surface area contributed by atoms with Gasteiger partial charge in [0.1, 0.15) is 0 Å². The van der Waals surface area contributed by atoms with E-state index in [0.717, 1.165) is 36.5 Å². The van der Waals surface area contributed by atoms with Gasteiger partial charge in [-0.1, -0.05) is 23.7 Å². The largest absolute Gasteiger partial charge is 0.386 e. The number of halogens is 1. The van der Waals surface area contributed by atoms with Gasteiger partial charge in [0.05, 0.1) is 5.60 Å². The number of likely N-dealkylation sites (tertiary alicyclic amines) is 1. The highest BCUT2D eigenvalue weighted by atomic mass is 35.5. The molecule has 0 aliphatic carbocycles. The number of aliphatic hydroxyl groups is 1. The maximum atomic E-state index is 9.98. The fraction of sp³-hybridized carbons (Fsp3) is 0.600. The molecule has 1 aromatic carbocycles. The Morgan fingerprint density at radius 3 is 2.39 bits per heavy atom. The zero-order valence-corrected chi connectivity index (χ0v) is 12.2. The van der Waals surface area contributed by atoms with Crippen LogP contribution in [-0.4, -0.2) is 30.1 Å². The number of benzene rings is 1. The lowest BCUT2D eigenvalue weighted by Gasteiger charge is -2.30. The number of nitrogens with zero attached hydrogens (tertiary/aromatic N) is 1. The van der Waals surface area contributed by atoms with Gasteiger partial charge in [-0.15, -0.1) is 0 Å². The van der Waals surface area contributed by atoms with Crippen LogP contribution in [0.4, 0.5) is 0 Å². The molecule has 1 aliphatic rings. The standard InChI is InChI=1S/C15H22ClNO/c1-15(2,18)12-4-5-13(14(16)10-12)11-6-8-17(3)9-7-11/h4-5,10-11,18H,6-9H2,1-3H3. The summed E-state index contributed by atoms with van der Waals surface area (Å²) >= 11 is 6.38. The molecule has 1 heterocycles. The second kappa shape index (κ2) is 5.20. The molecule has 0 atom stereocenters. The summed E-state index contributed by atoms with van der Waals surface area (Å²) in [6.45, 7) is 5.84. The second-order valence-electron chi connectivity index (χ2n) is 5.87. The quantitative estimate of drug-likeness (QED) is 0.888. The Morgan fingerprint density at radius 1 is 1.28 bits per heavy atom. The van der Waals surface area contributed by atoms with E-state index in [1.54, 1.807) is 13.8 Å². The Labute approximate surface area is 115 Å². The normalized spacial score (nSPS) is 19.2. The summed E-state index contributed by atoms with van der Waals surface area (Å²) in [6.07, 6.45) is 2.33. The summed E-state index contributed by atoms with van der Waals surface area (Å²) in [5, 5.41) is 10.8. The molecule has 0 bridgehead atoms. The molecule has 0 saturated carbocycles. The fourth-order valence-electron chi connectivity index (χ4n) is 2.56. The average molecular weight is 268 g/mol. The molecule has 0 aromatic heterocycles. The predicted molar refractivity (Wildman–Crippen MR) is 76.2 cm³/mol. The lowest BCUT2D eigenvalue weighted by atomic mass is 9.87. The number of hydrogen-bond donors (Lipinski definition) is 1. The van der Waals surface area contributed by atoms with Gasteiger partial charge in [-0.3, -0.25) is 0 Å². The third kappa shape index (κ3) is 3.05. The van der Waals surface area contributed by atoms with Gasteiger partial charge in [-0.2, -0.15) is 0 Å². The van der Waals surface area contributed by atoms with Crippen LogP contribution in [0.25, 0.3) is 0 Å². The molecule has 3 heteroatoms. The monoisotopic (exact) mass is 267 g/mol. The molecule has 1 aliphatic heterocycles. The van der Waals surface area contributed by atoms with E-state index < -0.39 is 5.60 Å². The van der Waals surface area contributed by atoms with Gasteiger partial charge in [-0.05, 0) is 69.9 Å². The fourth-order valence-corrected chi connectivity index (χ4v) is 2.89. The van der Waals surface area contributed by atoms with Crippen LogP contribution in [0.3, 0.4) is 0 Å². The molecule has 0 unspecified atom stereocenters. The van der Waals surface area contributed by atoms with Crippen molar-refractivity contribution < 1.29 is 5.11 Å². The molecule has 0 spiro atoms. The first kappa shape index (κ1) is 13.9. The third-order valence-corrected chi connectivity index (χ3v) is 4.19. The average Bonchev–Trinajstić information content (AvgIpc) is 2.29. The first-order chi connectivity index (χ1) is 8.38. The zero-order valence-electron chi connectivity index (χ0n) is 11.4. The Bertz CT molecular complexity index is 417. The Balaban J connectivity index is 2.20. The van der Waals surface area contributed by atoms with Crippen molar-refractivity contribution in [2.24, 2.45) is 0 Å². The summed E-state index contributed by atoms with van der Waals surface area (Å²) in [4.78, 5) is 2.36. The molecule has 1 N–H and O–H groups in total. The molecule has 2 nitrogen and oxygen atoms in total. The molecule has 2 rings (SSSR count). The van der Waals surface area contributed by atoms with Crippen molar-refractivity contribution in [3.63, 3.8) is 0 Å². The van der Waals surface area contributed by atoms with Crippen molar-refractivity contribution in [1.29, 1.82) is 0 Å². The van der Waals surface area contributed by atoms with E-state index in [2.05, 4.69) is 18.0 Å². The van der Waals surface area contributed by atoms with Crippen molar-refractivity contribution in [3.05, 3.63) is 34.3 Å². The van der Waals surface area contributed by atoms with Crippen molar-refractivity contribution >= 4 is 11.6 Å². The van der Waals surface area contributed by atoms with Gasteiger partial charge in [0, 0.05) is 5.02 Å². The van der Waals surface area contributed by atoms with Gasteiger partial charge in [0.15, 0.2) is 0 Å². The smallest absolute Gasteiger partial charge is 0.0841 e. The Morgan fingerprint density at radius 2 is 1.89 bits per heavy atom. The minimum Gasteiger partial charge on any atom is -0.386 e. The van der Waals surface area contributed by atoms with E-state index in [0.29, 0.717) is 5.92 Å². The van der Waals surface area contributed by atoms with Crippen molar-refractivity contribution in [1.82, 2.24) is 4.90 Å². The summed E-state index contributed by atoms with van der Waals surface area (Å²) in [5.74, 6) is 0.560. The summed E-state index contributed by atoms with van der Waals surface area (Å²) < 4.78 is 0. The summed E-state index contributed by atoms with van der Waals surface area (Å²) in [5.41, 5.74) is 1.29. The highest BCUT2D eigenvalue weighted by molar-refractivity contribution is 6.31. The maximum Gasteiger partial charge on any atom is 0.0841 e. The first-order valence-corrected chi connectivity index (χ1v) is 6.96. The maximum absolute atomic E-state index is 9.98. The van der Waals surface area contributed by atoms with Gasteiger partial charge in [-0.25, -0.2) is 0 Å². The second-order valence-corrected chi connectivity index (χ2v) is 6.28. The lowest BCUT2D eigenvalue weighted by molar-refractivity contribution is 0.0786. The molecule has 0 amide bonds. The van der Waals surface area contributed by atoms with E-state index in [-0.39, 0.29) is 0 Å². The van der Waals surface area contributed by atoms with Crippen LogP contribution < -0.4 is 0 Å². The van der Waals surface area contributed by atoms with E-state index in [4.69, 9.17) is 11.6 Å². The molecule has 1 aromatic rings. The number of hydrogen-bond acceptors (Lipinski definition) is 2. The van der Waals surface area contributed by atoms with E-state index >= 15 is 0 Å². The molecular formula is C15H22ClNO. The molecule has 1 saturated heterocycles. The van der Waals surface area contributed by atoms with E-state index in [1.807, 2.05) is 12.1 Å². The van der Waals surface area contributed by atoms with E-state index in [9.17, 15) is 5.11 Å². The van der Waals surface area contributed by atoms with Crippen LogP contribution in [0, 0.1) is 0 Å². The summed E-state index contributed by atoms with van der Waals surface area (Å²) in [6, 6.07) is 6.00. The van der Waals surface area contributed by atoms with Gasteiger partial charge in [0.2, 0.25) is 0 Å². The van der Waals surface area contributed by atoms with Gasteiger partial charge < -0.3 is 10.0 Å². The lowest BCUT2D eigenvalue weighted by Crippen LogP contribution is -2.29. The predicted octanol–water partition coefficient (Wildman–Crippen LogP) is 3.38. The number of rotatable bonds is 2. The SMILES string of the molecule is CN1CCC(c2ccc(C(C)(C)O)cc2Cl)CC1. The van der Waals surface area contributed by atoms with Crippen LogP contribution in [0.2, 0.25) is 5.02 Å². The van der Waals surface area contributed by atoms with Crippen LogP contribution in [0.1, 0.15) is 43.7 Å². The number of piperidine rings is 1. The molecule has 18 heavy (non-hydrogen) atoms. The van der Waals surface area contributed by atoms with Gasteiger partial charge in [0.25, 0.3) is 0 Å². The highest BCUT2D eigenvalue weighted by Gasteiger charge is 2.22. The third-order valence-electron chi connectivity index (χ3n) is 3.87. The van der Waals surface area contributed by atoms with Crippen molar-refractivity contribution in [3.8, 4) is 0 Å². The van der Waals surface area contributed by atoms with Crippen molar-refractivity contribution in [2.45, 2.75) is 38.2 Å². The Kier molecular flexibility index (Phi) is 4.00. The van der Waals surface area contributed by atoms with Crippen LogP contribution in [0.15, 0.2) is 18.2 Å². The van der Waals surface area contributed by atoms with Crippen molar-refractivity contribution in [2.75, 3.05) is 20.1 Å². The molecule has 100 valence electrons. The Hall–Kier alpha value is -0.570. The first-order valence-electron chi connectivity index (χ1n) is 6.59. The topological polar surface area (TPSA) is 23.5 Å². The minimum absolute atomic E-state index is 0.560. The zero-order chi connectivity index (χ0) is 13.3. The summed E-state index contributed by atoms with van der Waals surface area (Å²) in [7, 11) is 2.16. The molecular weight excluding hydrogens is 246 g/mol. The van der Waals surface area contributed by atoms with Gasteiger partial charge >= 0.3 is 0 Å². The molecule has 1 fully saturated rings. The molecule has 0 radical (unpaired) electrons. The van der Waals surface area contributed by atoms with Crippen LogP contribution in [-0.2, 0) is 5.60 Å². The van der Waals surface area contributed by atoms with Crippen LogP contribution in [0.5, 0.6) is 0 Å². The minimum atomic E-state index is -0.824. The van der Waals surface area contributed by atoms with Crippen LogP contribution >= 0.6 is 11.6 Å². The highest BCUT2D eigenvalue weighted by Crippen LogP contribution is 2.34. The van der Waals surface area contributed by atoms with E-state index in [1.165, 1.54) is 5.56 Å².